The van der Waals surface area contributed by atoms with Gasteiger partial charge in [0.05, 0.1) is 13.1 Å². The molecular formula is C5H5F7. The maximum Gasteiger partial charge on any atom is 0.391 e. The van der Waals surface area contributed by atoms with Crippen LogP contribution in [-0.4, -0.2) is 12.9 Å². The summed E-state index contributed by atoms with van der Waals surface area (Å²) in [6.07, 6.45) is -8.69. The van der Waals surface area contributed by atoms with Crippen LogP contribution < -0.4 is 0 Å². The molecule has 0 fully saturated rings. The first-order valence-corrected chi connectivity index (χ1v) is 2.57. The summed E-state index contributed by atoms with van der Waals surface area (Å²) in [5.74, 6) is 0. The average molecular weight is 198 g/mol. The summed E-state index contributed by atoms with van der Waals surface area (Å²) in [6.45, 7) is -1.32. The van der Waals surface area contributed by atoms with Crippen LogP contribution in [0.5, 0.6) is 0 Å². The van der Waals surface area contributed by atoms with Crippen LogP contribution in [0.3, 0.4) is 0 Å². The van der Waals surface area contributed by atoms with Gasteiger partial charge in [-0.25, -0.2) is 4.39 Å². The summed E-state index contributed by atoms with van der Waals surface area (Å²) >= 11 is 0. The fourth-order valence-corrected chi connectivity index (χ4v) is 0.107. The van der Waals surface area contributed by atoms with Crippen LogP contribution >= 0.6 is 0 Å². The third-order valence-corrected chi connectivity index (χ3v) is 0.460. The first-order valence-electron chi connectivity index (χ1n) is 2.57. The highest BCUT2D eigenvalue weighted by Gasteiger charge is 2.25. The summed E-state index contributed by atoms with van der Waals surface area (Å²) in [6, 6.07) is 0. The zero-order valence-corrected chi connectivity index (χ0v) is 5.64. The highest BCUT2D eigenvalue weighted by Crippen LogP contribution is 2.18. The van der Waals surface area contributed by atoms with Gasteiger partial charge >= 0.3 is 6.18 Å². The van der Waals surface area contributed by atoms with Gasteiger partial charge in [-0.2, -0.15) is 22.0 Å². The van der Waals surface area contributed by atoms with E-state index in [4.69, 9.17) is 0 Å². The van der Waals surface area contributed by atoms with E-state index in [0.29, 0.717) is 0 Å². The molecule has 0 nitrogen and oxygen atoms in total. The van der Waals surface area contributed by atoms with Crippen molar-refractivity contribution in [2.75, 3.05) is 6.67 Å². The Bertz CT molecular complexity index is 120. The molecule has 0 atom stereocenters. The first kappa shape index (κ1) is 13.8. The Morgan fingerprint density at radius 1 is 1.17 bits per heavy atom. The van der Waals surface area contributed by atoms with Crippen molar-refractivity contribution in [1.29, 1.82) is 0 Å². The highest BCUT2D eigenvalue weighted by molar-refractivity contribution is 4.66. The lowest BCUT2D eigenvalue weighted by molar-refractivity contribution is -0.136. The Hall–Kier alpha value is -0.750. The largest absolute Gasteiger partial charge is 0.391 e. The Kier molecular flexibility index (Phi) is 7.98. The van der Waals surface area contributed by atoms with E-state index in [1.807, 2.05) is 0 Å². The van der Waals surface area contributed by atoms with Gasteiger partial charge in [-0.1, -0.05) is 0 Å². The van der Waals surface area contributed by atoms with Gasteiger partial charge in [0.25, 0.3) is 6.08 Å². The minimum atomic E-state index is -4.32. The topological polar surface area (TPSA) is 0 Å². The molecule has 0 amide bonds. The van der Waals surface area contributed by atoms with Gasteiger partial charge in [-0.3, -0.25) is 4.39 Å². The predicted octanol–water partition coefficient (Wildman–Crippen LogP) is 3.60. The van der Waals surface area contributed by atoms with E-state index in [9.17, 15) is 30.7 Å². The molecule has 0 aromatic heterocycles. The molecule has 0 rings (SSSR count). The molecule has 0 aliphatic carbocycles. The molecule has 0 N–H and O–H groups in total. The third-order valence-electron chi connectivity index (χ3n) is 0.460. The van der Waals surface area contributed by atoms with Crippen molar-refractivity contribution in [1.82, 2.24) is 0 Å². The number of rotatable bonds is 1. The Morgan fingerprint density at radius 2 is 1.50 bits per heavy atom. The fraction of sp³-hybridized carbons (Fsp3) is 0.600. The van der Waals surface area contributed by atoms with E-state index in [1.54, 1.807) is 0 Å². The molecule has 0 aliphatic heterocycles. The number of halogens is 7. The second kappa shape index (κ2) is 6.93. The van der Waals surface area contributed by atoms with Crippen molar-refractivity contribution in [3.05, 3.63) is 12.4 Å². The van der Waals surface area contributed by atoms with Crippen LogP contribution in [-0.2, 0) is 0 Å². The van der Waals surface area contributed by atoms with Crippen molar-refractivity contribution >= 4 is 0 Å². The van der Waals surface area contributed by atoms with Crippen molar-refractivity contribution in [2.45, 2.75) is 12.6 Å². The molecule has 0 radical (unpaired) electrons. The average Bonchev–Trinajstić information content (AvgIpc) is 1.86. The lowest BCUT2D eigenvalue weighted by atomic mass is 10.5. The Morgan fingerprint density at radius 3 is 1.50 bits per heavy atom. The summed E-state index contributed by atoms with van der Waals surface area (Å²) in [4.78, 5) is 0. The van der Waals surface area contributed by atoms with Gasteiger partial charge in [0.2, 0.25) is 0 Å². The molecule has 0 saturated heterocycles. The smallest absolute Gasteiger partial charge is 0.251 e. The van der Waals surface area contributed by atoms with E-state index in [1.165, 1.54) is 0 Å². The molecule has 0 saturated carbocycles. The summed E-state index contributed by atoms with van der Waals surface area (Å²) < 4.78 is 73.9. The minimum Gasteiger partial charge on any atom is -0.251 e. The van der Waals surface area contributed by atoms with Crippen LogP contribution in [0.2, 0.25) is 0 Å². The fourth-order valence-electron chi connectivity index (χ4n) is 0.107. The molecule has 74 valence electrons. The highest BCUT2D eigenvalue weighted by atomic mass is 19.4. The standard InChI is InChI=1S/C3H4F4.C2HF3/c4-2-1-3(5,6)7;3-1-2(4)5/h1-2H2;1H. The molecule has 0 aromatic rings. The van der Waals surface area contributed by atoms with Crippen LogP contribution in [0.25, 0.3) is 0 Å². The van der Waals surface area contributed by atoms with Gasteiger partial charge in [0, 0.05) is 0 Å². The van der Waals surface area contributed by atoms with Gasteiger partial charge in [-0.05, 0) is 0 Å². The molecule has 0 heterocycles. The Balaban J connectivity index is 0. The van der Waals surface area contributed by atoms with Crippen molar-refractivity contribution < 1.29 is 30.7 Å². The third kappa shape index (κ3) is 22.8. The summed E-state index contributed by atoms with van der Waals surface area (Å²) in [5, 5.41) is 0. The van der Waals surface area contributed by atoms with Gasteiger partial charge in [-0.15, -0.1) is 0 Å². The van der Waals surface area contributed by atoms with Crippen LogP contribution in [0.15, 0.2) is 12.4 Å². The molecule has 0 spiro atoms. The summed E-state index contributed by atoms with van der Waals surface area (Å²) in [7, 11) is 0. The van der Waals surface area contributed by atoms with Gasteiger partial charge < -0.3 is 0 Å². The zero-order valence-electron chi connectivity index (χ0n) is 5.64. The quantitative estimate of drug-likeness (QED) is 0.564. The van der Waals surface area contributed by atoms with Crippen molar-refractivity contribution in [2.24, 2.45) is 0 Å². The van der Waals surface area contributed by atoms with Crippen LogP contribution in [0, 0.1) is 0 Å². The first-order chi connectivity index (χ1) is 5.33. The molecule has 0 aromatic carbocycles. The maximum atomic E-state index is 10.8. The molecule has 0 aliphatic rings. The lowest BCUT2D eigenvalue weighted by Gasteiger charge is -1.98. The normalized spacial score (nSPS) is 9.92. The zero-order chi connectivity index (χ0) is 10.2. The molecular weight excluding hydrogens is 193 g/mol. The lowest BCUT2D eigenvalue weighted by Crippen LogP contribution is -2.07. The SMILES string of the molecule is FC=C(F)F.FCCC(F)(F)F. The monoisotopic (exact) mass is 198 g/mol. The molecule has 7 heteroatoms. The van der Waals surface area contributed by atoms with Gasteiger partial charge in [0.1, 0.15) is 0 Å². The second-order valence-electron chi connectivity index (χ2n) is 1.45. The van der Waals surface area contributed by atoms with Crippen molar-refractivity contribution in [3.63, 3.8) is 0 Å². The van der Waals surface area contributed by atoms with E-state index in [2.05, 4.69) is 0 Å². The van der Waals surface area contributed by atoms with E-state index >= 15 is 0 Å². The molecule has 0 bridgehead atoms. The predicted molar refractivity (Wildman–Crippen MR) is 28.1 cm³/mol. The number of hydrogen-bond acceptors (Lipinski definition) is 0. The maximum absolute atomic E-state index is 10.8. The van der Waals surface area contributed by atoms with Crippen LogP contribution in [0.4, 0.5) is 30.7 Å². The van der Waals surface area contributed by atoms with Gasteiger partial charge in [0.15, 0.2) is 6.33 Å². The molecule has 0 unspecified atom stereocenters. The summed E-state index contributed by atoms with van der Waals surface area (Å²) in [5.41, 5.74) is 0. The second-order valence-corrected chi connectivity index (χ2v) is 1.45. The van der Waals surface area contributed by atoms with Crippen LogP contribution in [0.1, 0.15) is 6.42 Å². The molecule has 12 heavy (non-hydrogen) atoms. The van der Waals surface area contributed by atoms with E-state index < -0.39 is 31.7 Å². The number of hydrogen-bond donors (Lipinski definition) is 0. The van der Waals surface area contributed by atoms with E-state index in [-0.39, 0.29) is 0 Å². The van der Waals surface area contributed by atoms with Crippen molar-refractivity contribution in [3.8, 4) is 0 Å². The number of alkyl halides is 4. The Labute approximate surface area is 63.7 Å². The van der Waals surface area contributed by atoms with E-state index in [0.717, 1.165) is 0 Å². The minimum absolute atomic E-state index is 0.750.